The summed E-state index contributed by atoms with van der Waals surface area (Å²) < 4.78 is 11.1. The predicted molar refractivity (Wildman–Crippen MR) is 119 cm³/mol. The molecule has 1 N–H and O–H groups in total. The minimum absolute atomic E-state index is 0.0916. The molecule has 0 spiro atoms. The highest BCUT2D eigenvalue weighted by molar-refractivity contribution is 6.46. The maximum atomic E-state index is 13.0. The van der Waals surface area contributed by atoms with Crippen molar-refractivity contribution in [3.8, 4) is 11.5 Å². The van der Waals surface area contributed by atoms with E-state index >= 15 is 0 Å². The van der Waals surface area contributed by atoms with Crippen LogP contribution in [0.25, 0.3) is 5.76 Å². The van der Waals surface area contributed by atoms with E-state index in [9.17, 15) is 14.7 Å². The normalized spacial score (nSPS) is 17.8. The second kappa shape index (κ2) is 9.69. The molecule has 0 aromatic heterocycles. The molecule has 6 nitrogen and oxygen atoms in total. The van der Waals surface area contributed by atoms with E-state index in [1.54, 1.807) is 37.4 Å². The van der Waals surface area contributed by atoms with E-state index in [0.717, 1.165) is 12.0 Å². The average Bonchev–Trinajstić information content (AvgIpc) is 3.04. The number of hydrogen-bond donors (Lipinski definition) is 1. The summed E-state index contributed by atoms with van der Waals surface area (Å²) in [6, 6.07) is 12.0. The number of carbonyl (C=O) groups excluding carboxylic acids is 2. The molecule has 1 amide bonds. The number of aliphatic hydroxyl groups excluding tert-OH is 1. The molecule has 0 saturated carbocycles. The lowest BCUT2D eigenvalue weighted by atomic mass is 9.94. The summed E-state index contributed by atoms with van der Waals surface area (Å²) in [6.45, 7) is 6.75. The Morgan fingerprint density at radius 1 is 1.03 bits per heavy atom. The van der Waals surface area contributed by atoms with Crippen LogP contribution >= 0.6 is 0 Å². The maximum Gasteiger partial charge on any atom is 0.295 e. The standard InChI is InChI=1S/C25H29NO5/c1-5-14-26-22(18-12-13-19(31-7-3)20(15-18)30-4)21(24(28)25(26)29)23(27)17-10-8-16(6-2)9-11-17/h8-13,15,22,27H,5-7,14H2,1-4H3/b23-21-. The number of methoxy groups -OCH3 is 1. The molecule has 0 radical (unpaired) electrons. The van der Waals surface area contributed by atoms with Crippen LogP contribution in [0, 0.1) is 0 Å². The molecule has 0 bridgehead atoms. The predicted octanol–water partition coefficient (Wildman–Crippen LogP) is 4.49. The fraction of sp³-hybridized carbons (Fsp3) is 0.360. The van der Waals surface area contributed by atoms with Gasteiger partial charge in [0.1, 0.15) is 5.76 Å². The molecule has 1 heterocycles. The monoisotopic (exact) mass is 423 g/mol. The van der Waals surface area contributed by atoms with Gasteiger partial charge in [-0.05, 0) is 43.0 Å². The van der Waals surface area contributed by atoms with Gasteiger partial charge in [-0.1, -0.05) is 44.2 Å². The Morgan fingerprint density at radius 2 is 1.74 bits per heavy atom. The van der Waals surface area contributed by atoms with Gasteiger partial charge in [-0.15, -0.1) is 0 Å². The molecule has 2 aromatic rings. The van der Waals surface area contributed by atoms with Gasteiger partial charge in [-0.2, -0.15) is 0 Å². The average molecular weight is 424 g/mol. The molecular formula is C25H29NO5. The lowest BCUT2D eigenvalue weighted by Crippen LogP contribution is -2.30. The van der Waals surface area contributed by atoms with Crippen LogP contribution in [0.1, 0.15) is 49.9 Å². The van der Waals surface area contributed by atoms with Gasteiger partial charge in [0, 0.05) is 12.1 Å². The van der Waals surface area contributed by atoms with Crippen molar-refractivity contribution in [2.75, 3.05) is 20.3 Å². The van der Waals surface area contributed by atoms with Gasteiger partial charge in [0.2, 0.25) is 0 Å². The van der Waals surface area contributed by atoms with Crippen molar-refractivity contribution in [2.24, 2.45) is 0 Å². The van der Waals surface area contributed by atoms with Crippen molar-refractivity contribution >= 4 is 17.4 Å². The third-order valence-corrected chi connectivity index (χ3v) is 5.44. The van der Waals surface area contributed by atoms with E-state index in [2.05, 4.69) is 0 Å². The van der Waals surface area contributed by atoms with Crippen molar-refractivity contribution in [3.63, 3.8) is 0 Å². The van der Waals surface area contributed by atoms with Crippen LogP contribution in [0.3, 0.4) is 0 Å². The Balaban J connectivity index is 2.16. The number of rotatable bonds is 8. The number of amides is 1. The molecular weight excluding hydrogens is 394 g/mol. The molecule has 6 heteroatoms. The minimum Gasteiger partial charge on any atom is -0.507 e. The lowest BCUT2D eigenvalue weighted by molar-refractivity contribution is -0.139. The number of carbonyl (C=O) groups is 2. The molecule has 3 rings (SSSR count). The number of Topliss-reactive ketones (excluding diaryl/α,β-unsaturated/α-hetero) is 1. The van der Waals surface area contributed by atoms with Gasteiger partial charge in [0.15, 0.2) is 11.5 Å². The van der Waals surface area contributed by atoms with E-state index in [1.807, 2.05) is 32.9 Å². The number of aliphatic hydroxyl groups is 1. The topological polar surface area (TPSA) is 76.1 Å². The molecule has 1 aliphatic heterocycles. The van der Waals surface area contributed by atoms with Gasteiger partial charge >= 0.3 is 0 Å². The summed E-state index contributed by atoms with van der Waals surface area (Å²) in [4.78, 5) is 27.3. The van der Waals surface area contributed by atoms with Gasteiger partial charge in [-0.25, -0.2) is 0 Å². The second-order valence-electron chi connectivity index (χ2n) is 7.39. The van der Waals surface area contributed by atoms with E-state index in [-0.39, 0.29) is 11.3 Å². The lowest BCUT2D eigenvalue weighted by Gasteiger charge is -2.25. The Kier molecular flexibility index (Phi) is 7.00. The molecule has 31 heavy (non-hydrogen) atoms. The number of ether oxygens (including phenoxy) is 2. The SMILES string of the molecule is CCCN1C(=O)C(=O)/C(=C(\O)c2ccc(CC)cc2)C1c1ccc(OCC)c(OC)c1. The third kappa shape index (κ3) is 4.29. The molecule has 1 atom stereocenters. The zero-order valence-corrected chi connectivity index (χ0v) is 18.5. The highest BCUT2D eigenvalue weighted by atomic mass is 16.5. The number of likely N-dealkylation sites (tertiary alicyclic amines) is 1. The first-order valence-corrected chi connectivity index (χ1v) is 10.6. The maximum absolute atomic E-state index is 13.0. The van der Waals surface area contributed by atoms with Crippen LogP contribution in [0.5, 0.6) is 11.5 Å². The Labute approximate surface area is 183 Å². The van der Waals surface area contributed by atoms with E-state index in [4.69, 9.17) is 9.47 Å². The summed E-state index contributed by atoms with van der Waals surface area (Å²) in [5.74, 6) is -0.364. The zero-order chi connectivity index (χ0) is 22.5. The Bertz CT molecular complexity index is 993. The molecule has 164 valence electrons. The molecule has 2 aromatic carbocycles. The zero-order valence-electron chi connectivity index (χ0n) is 18.5. The third-order valence-electron chi connectivity index (χ3n) is 5.44. The quantitative estimate of drug-likeness (QED) is 0.385. The summed E-state index contributed by atoms with van der Waals surface area (Å²) in [5, 5.41) is 11.1. The van der Waals surface area contributed by atoms with Crippen molar-refractivity contribution in [3.05, 3.63) is 64.7 Å². The van der Waals surface area contributed by atoms with Crippen LogP contribution in [0.4, 0.5) is 0 Å². The van der Waals surface area contributed by atoms with Crippen molar-refractivity contribution < 1.29 is 24.2 Å². The first-order chi connectivity index (χ1) is 15.0. The molecule has 1 unspecified atom stereocenters. The van der Waals surface area contributed by atoms with Gasteiger partial charge in [0.25, 0.3) is 11.7 Å². The van der Waals surface area contributed by atoms with E-state index in [0.29, 0.717) is 42.2 Å². The van der Waals surface area contributed by atoms with E-state index in [1.165, 1.54) is 4.90 Å². The summed E-state index contributed by atoms with van der Waals surface area (Å²) in [6.07, 6.45) is 1.55. The number of benzene rings is 2. The van der Waals surface area contributed by atoms with Crippen LogP contribution in [-0.4, -0.2) is 42.0 Å². The second-order valence-corrected chi connectivity index (χ2v) is 7.39. The van der Waals surface area contributed by atoms with Crippen LogP contribution in [0.15, 0.2) is 48.0 Å². The van der Waals surface area contributed by atoms with Crippen LogP contribution < -0.4 is 9.47 Å². The van der Waals surface area contributed by atoms with Gasteiger partial charge in [-0.3, -0.25) is 9.59 Å². The van der Waals surface area contributed by atoms with Crippen LogP contribution in [-0.2, 0) is 16.0 Å². The number of ketones is 1. The number of aryl methyl sites for hydroxylation is 1. The first-order valence-electron chi connectivity index (χ1n) is 10.6. The van der Waals surface area contributed by atoms with Crippen LogP contribution in [0.2, 0.25) is 0 Å². The minimum atomic E-state index is -0.699. The number of hydrogen-bond acceptors (Lipinski definition) is 5. The van der Waals surface area contributed by atoms with Gasteiger partial charge < -0.3 is 19.5 Å². The van der Waals surface area contributed by atoms with Crippen molar-refractivity contribution in [1.29, 1.82) is 0 Å². The number of nitrogens with zero attached hydrogens (tertiary/aromatic N) is 1. The molecule has 0 aliphatic carbocycles. The fourth-order valence-corrected chi connectivity index (χ4v) is 3.88. The highest BCUT2D eigenvalue weighted by Crippen LogP contribution is 2.42. The Morgan fingerprint density at radius 3 is 2.32 bits per heavy atom. The molecule has 1 fully saturated rings. The summed E-state index contributed by atoms with van der Waals surface area (Å²) >= 11 is 0. The van der Waals surface area contributed by atoms with Crippen molar-refractivity contribution in [2.45, 2.75) is 39.7 Å². The van der Waals surface area contributed by atoms with E-state index < -0.39 is 17.7 Å². The highest BCUT2D eigenvalue weighted by Gasteiger charge is 2.45. The fourth-order valence-electron chi connectivity index (χ4n) is 3.88. The first kappa shape index (κ1) is 22.4. The smallest absolute Gasteiger partial charge is 0.295 e. The Hall–Kier alpha value is -3.28. The van der Waals surface area contributed by atoms with Crippen molar-refractivity contribution in [1.82, 2.24) is 4.90 Å². The molecule has 1 aliphatic rings. The summed E-state index contributed by atoms with van der Waals surface area (Å²) in [7, 11) is 1.54. The van der Waals surface area contributed by atoms with Gasteiger partial charge in [0.05, 0.1) is 25.3 Å². The molecule has 1 saturated heterocycles. The largest absolute Gasteiger partial charge is 0.507 e. The summed E-state index contributed by atoms with van der Waals surface area (Å²) in [5.41, 5.74) is 2.40.